The first-order valence-electron chi connectivity index (χ1n) is 11.2. The molecule has 2 aromatic carbocycles. The van der Waals surface area contributed by atoms with Crippen LogP contribution >= 0.6 is 11.3 Å². The first kappa shape index (κ1) is 21.5. The monoisotopic (exact) mass is 460 g/mol. The van der Waals surface area contributed by atoms with Crippen molar-refractivity contribution in [1.82, 2.24) is 20.1 Å². The molecular weight excluding hydrogens is 432 g/mol. The van der Waals surface area contributed by atoms with E-state index in [2.05, 4.69) is 84.6 Å². The summed E-state index contributed by atoms with van der Waals surface area (Å²) in [6, 6.07) is 22.9. The summed E-state index contributed by atoms with van der Waals surface area (Å²) < 4.78 is 7.57. The molecule has 0 saturated carbocycles. The molecule has 2 aromatic heterocycles. The number of ether oxygens (including phenoxy) is 1. The molecule has 170 valence electrons. The Kier molecular flexibility index (Phi) is 6.55. The number of benzene rings is 2. The van der Waals surface area contributed by atoms with E-state index in [1.54, 1.807) is 18.4 Å². The lowest BCUT2D eigenvalue weighted by atomic mass is 10.2. The van der Waals surface area contributed by atoms with Crippen LogP contribution < -0.4 is 19.9 Å². The number of aromatic nitrogens is 3. The third kappa shape index (κ3) is 4.86. The maximum atomic E-state index is 5.45. The van der Waals surface area contributed by atoms with E-state index in [-0.39, 0.29) is 0 Å². The number of hydrogen-bond donors (Lipinski definition) is 1. The van der Waals surface area contributed by atoms with Gasteiger partial charge in [-0.25, -0.2) is 0 Å². The number of anilines is 2. The SMILES string of the molecule is COc1ccccc1CNCc1cccn1-c1nnc(N2CCN(c3ccccc3)CC2)s1. The molecule has 33 heavy (non-hydrogen) atoms. The van der Waals surface area contributed by atoms with Crippen LogP contribution in [0, 0.1) is 0 Å². The maximum absolute atomic E-state index is 5.45. The van der Waals surface area contributed by atoms with E-state index in [1.165, 1.54) is 5.69 Å². The standard InChI is InChI=1S/C25H28N6OS/c1-32-23-12-6-5-8-20(23)18-26-19-22-11-7-13-31(22)25-28-27-24(33-25)30-16-14-29(15-17-30)21-9-3-2-4-10-21/h2-13,26H,14-19H2,1H3. The summed E-state index contributed by atoms with van der Waals surface area (Å²) in [5, 5.41) is 14.4. The van der Waals surface area contributed by atoms with Crippen molar-refractivity contribution in [3.8, 4) is 10.9 Å². The maximum Gasteiger partial charge on any atom is 0.218 e. The van der Waals surface area contributed by atoms with E-state index in [4.69, 9.17) is 4.74 Å². The Bertz CT molecular complexity index is 1170. The van der Waals surface area contributed by atoms with Crippen LogP contribution in [0.25, 0.3) is 5.13 Å². The molecule has 1 N–H and O–H groups in total. The van der Waals surface area contributed by atoms with Gasteiger partial charge in [0.25, 0.3) is 0 Å². The zero-order valence-corrected chi connectivity index (χ0v) is 19.5. The van der Waals surface area contributed by atoms with Gasteiger partial charge in [0.05, 0.1) is 7.11 Å². The fourth-order valence-electron chi connectivity index (χ4n) is 4.15. The molecular formula is C25H28N6OS. The highest BCUT2D eigenvalue weighted by molar-refractivity contribution is 7.17. The van der Waals surface area contributed by atoms with Crippen LogP contribution in [-0.2, 0) is 13.1 Å². The van der Waals surface area contributed by atoms with Crippen LogP contribution in [0.3, 0.4) is 0 Å². The Morgan fingerprint density at radius 1 is 0.818 bits per heavy atom. The zero-order chi connectivity index (χ0) is 22.5. The van der Waals surface area contributed by atoms with Gasteiger partial charge >= 0.3 is 0 Å². The number of hydrogen-bond acceptors (Lipinski definition) is 7. The molecule has 0 spiro atoms. The molecule has 4 aromatic rings. The molecule has 0 radical (unpaired) electrons. The second kappa shape index (κ2) is 10.1. The predicted octanol–water partition coefficient (Wildman–Crippen LogP) is 3.95. The van der Waals surface area contributed by atoms with Gasteiger partial charge in [-0.3, -0.25) is 4.57 Å². The van der Waals surface area contributed by atoms with E-state index < -0.39 is 0 Å². The van der Waals surface area contributed by atoms with Gasteiger partial charge in [0.1, 0.15) is 5.75 Å². The lowest BCUT2D eigenvalue weighted by Gasteiger charge is -2.35. The normalized spacial score (nSPS) is 14.0. The minimum atomic E-state index is 0.732. The van der Waals surface area contributed by atoms with Crippen LogP contribution in [0.15, 0.2) is 72.9 Å². The molecule has 1 aliphatic rings. The van der Waals surface area contributed by atoms with Crippen LogP contribution in [0.1, 0.15) is 11.3 Å². The summed E-state index contributed by atoms with van der Waals surface area (Å²) in [5.74, 6) is 0.904. The zero-order valence-electron chi connectivity index (χ0n) is 18.7. The molecule has 0 atom stereocenters. The van der Waals surface area contributed by atoms with Crippen LogP contribution in [0.2, 0.25) is 0 Å². The van der Waals surface area contributed by atoms with Crippen molar-refractivity contribution in [3.63, 3.8) is 0 Å². The molecule has 1 saturated heterocycles. The molecule has 1 aliphatic heterocycles. The smallest absolute Gasteiger partial charge is 0.218 e. The average molecular weight is 461 g/mol. The number of piperazine rings is 1. The van der Waals surface area contributed by atoms with E-state index >= 15 is 0 Å². The van der Waals surface area contributed by atoms with Gasteiger partial charge in [0.2, 0.25) is 10.3 Å². The fourth-order valence-corrected chi connectivity index (χ4v) is 5.06. The fraction of sp³-hybridized carbons (Fsp3) is 0.280. The topological polar surface area (TPSA) is 58.5 Å². The van der Waals surface area contributed by atoms with Crippen molar-refractivity contribution < 1.29 is 4.74 Å². The molecule has 8 heteroatoms. The van der Waals surface area contributed by atoms with Crippen molar-refractivity contribution in [3.05, 3.63) is 84.2 Å². The van der Waals surface area contributed by atoms with Gasteiger partial charge in [0, 0.05) is 62.4 Å². The summed E-state index contributed by atoms with van der Waals surface area (Å²) in [7, 11) is 1.71. The molecule has 7 nitrogen and oxygen atoms in total. The number of methoxy groups -OCH3 is 1. The Morgan fingerprint density at radius 2 is 1.55 bits per heavy atom. The van der Waals surface area contributed by atoms with Crippen LogP contribution in [-0.4, -0.2) is 48.1 Å². The van der Waals surface area contributed by atoms with Gasteiger partial charge < -0.3 is 19.9 Å². The second-order valence-corrected chi connectivity index (χ2v) is 8.90. The molecule has 0 aliphatic carbocycles. The lowest BCUT2D eigenvalue weighted by Crippen LogP contribution is -2.46. The summed E-state index contributed by atoms with van der Waals surface area (Å²) in [6.45, 7) is 5.34. The molecule has 3 heterocycles. The number of nitrogens with one attached hydrogen (secondary N) is 1. The predicted molar refractivity (Wildman–Crippen MR) is 134 cm³/mol. The highest BCUT2D eigenvalue weighted by Gasteiger charge is 2.21. The average Bonchev–Trinajstić information content (AvgIpc) is 3.55. The van der Waals surface area contributed by atoms with Crippen molar-refractivity contribution in [2.24, 2.45) is 0 Å². The summed E-state index contributed by atoms with van der Waals surface area (Å²) in [6.07, 6.45) is 2.05. The Labute approximate surface area is 198 Å². The number of rotatable bonds is 8. The van der Waals surface area contributed by atoms with E-state index in [1.807, 2.05) is 18.2 Å². The lowest BCUT2D eigenvalue weighted by molar-refractivity contribution is 0.407. The largest absolute Gasteiger partial charge is 0.496 e. The Hall–Kier alpha value is -3.36. The van der Waals surface area contributed by atoms with Crippen molar-refractivity contribution >= 4 is 22.2 Å². The minimum Gasteiger partial charge on any atom is -0.496 e. The van der Waals surface area contributed by atoms with Gasteiger partial charge in [-0.05, 0) is 30.3 Å². The number of para-hydroxylation sites is 2. The van der Waals surface area contributed by atoms with Crippen LogP contribution in [0.4, 0.5) is 10.8 Å². The highest BCUT2D eigenvalue weighted by atomic mass is 32.1. The minimum absolute atomic E-state index is 0.732. The van der Waals surface area contributed by atoms with Crippen LogP contribution in [0.5, 0.6) is 5.75 Å². The molecule has 0 amide bonds. The van der Waals surface area contributed by atoms with Gasteiger partial charge in [0.15, 0.2) is 0 Å². The summed E-state index contributed by atoms with van der Waals surface area (Å²) >= 11 is 1.64. The molecule has 5 rings (SSSR count). The van der Waals surface area contributed by atoms with Crippen molar-refractivity contribution in [2.45, 2.75) is 13.1 Å². The molecule has 0 unspecified atom stereocenters. The first-order chi connectivity index (χ1) is 16.3. The van der Waals surface area contributed by atoms with Gasteiger partial charge in [-0.15, -0.1) is 10.2 Å². The van der Waals surface area contributed by atoms with E-state index in [0.717, 1.165) is 66.5 Å². The molecule has 0 bridgehead atoms. The third-order valence-electron chi connectivity index (χ3n) is 5.93. The van der Waals surface area contributed by atoms with Crippen molar-refractivity contribution in [1.29, 1.82) is 0 Å². The Morgan fingerprint density at radius 3 is 2.36 bits per heavy atom. The second-order valence-electron chi connectivity index (χ2n) is 7.96. The molecule has 1 fully saturated rings. The van der Waals surface area contributed by atoms with E-state index in [9.17, 15) is 0 Å². The summed E-state index contributed by atoms with van der Waals surface area (Å²) in [5.41, 5.74) is 3.58. The first-order valence-corrected chi connectivity index (χ1v) is 12.0. The van der Waals surface area contributed by atoms with E-state index in [0.29, 0.717) is 0 Å². The highest BCUT2D eigenvalue weighted by Crippen LogP contribution is 2.26. The number of nitrogens with zero attached hydrogens (tertiary/aromatic N) is 5. The van der Waals surface area contributed by atoms with Gasteiger partial charge in [-0.2, -0.15) is 0 Å². The summed E-state index contributed by atoms with van der Waals surface area (Å²) in [4.78, 5) is 4.76. The third-order valence-corrected chi connectivity index (χ3v) is 6.91. The quantitative estimate of drug-likeness (QED) is 0.430. The van der Waals surface area contributed by atoms with Gasteiger partial charge in [-0.1, -0.05) is 47.7 Å². The van der Waals surface area contributed by atoms with Crippen molar-refractivity contribution in [2.75, 3.05) is 43.1 Å². The Balaban J connectivity index is 1.20.